The van der Waals surface area contributed by atoms with Crippen molar-refractivity contribution in [2.75, 3.05) is 30.3 Å². The molecule has 2 N–H and O–H groups in total. The van der Waals surface area contributed by atoms with Gasteiger partial charge in [0.1, 0.15) is 5.75 Å². The summed E-state index contributed by atoms with van der Waals surface area (Å²) in [6.07, 6.45) is 3.67. The molecule has 20 heavy (non-hydrogen) atoms. The number of rotatable bonds is 3. The highest BCUT2D eigenvalue weighted by atomic mass is 16.5. The van der Waals surface area contributed by atoms with E-state index in [9.17, 15) is 0 Å². The Kier molecular flexibility index (Phi) is 3.72. The van der Waals surface area contributed by atoms with Gasteiger partial charge in [-0.2, -0.15) is 0 Å². The first-order valence-electron chi connectivity index (χ1n) is 7.00. The van der Waals surface area contributed by atoms with Crippen molar-refractivity contribution in [3.8, 4) is 5.75 Å². The molecule has 2 heterocycles. The topological polar surface area (TPSA) is 51.4 Å². The van der Waals surface area contributed by atoms with E-state index in [0.29, 0.717) is 5.69 Å². The van der Waals surface area contributed by atoms with Crippen LogP contribution in [0.15, 0.2) is 42.6 Å². The van der Waals surface area contributed by atoms with Crippen LogP contribution in [0.5, 0.6) is 5.75 Å². The van der Waals surface area contributed by atoms with Crippen LogP contribution in [0, 0.1) is 0 Å². The lowest BCUT2D eigenvalue weighted by Crippen LogP contribution is -2.26. The third-order valence-corrected chi connectivity index (χ3v) is 3.52. The van der Waals surface area contributed by atoms with Gasteiger partial charge in [-0.3, -0.25) is 4.98 Å². The van der Waals surface area contributed by atoms with Gasteiger partial charge < -0.3 is 15.4 Å². The maximum atomic E-state index is 5.77. The summed E-state index contributed by atoms with van der Waals surface area (Å²) in [5, 5.41) is 0. The van der Waals surface area contributed by atoms with Gasteiger partial charge >= 0.3 is 0 Å². The first kappa shape index (κ1) is 12.8. The predicted molar refractivity (Wildman–Crippen MR) is 81.1 cm³/mol. The average molecular weight is 269 g/mol. The molecule has 0 saturated heterocycles. The third kappa shape index (κ3) is 2.85. The first-order valence-corrected chi connectivity index (χ1v) is 7.00. The molecule has 0 fully saturated rings. The van der Waals surface area contributed by atoms with Crippen molar-refractivity contribution in [2.24, 2.45) is 0 Å². The molecule has 0 unspecified atom stereocenters. The largest absolute Gasteiger partial charge is 0.491 e. The summed E-state index contributed by atoms with van der Waals surface area (Å²) >= 11 is 0. The fourth-order valence-corrected chi connectivity index (χ4v) is 2.46. The summed E-state index contributed by atoms with van der Waals surface area (Å²) in [6, 6.07) is 12.1. The molecule has 1 aromatic carbocycles. The number of anilines is 2. The first-order chi connectivity index (χ1) is 9.83. The van der Waals surface area contributed by atoms with Crippen LogP contribution < -0.4 is 15.4 Å². The van der Waals surface area contributed by atoms with Crippen LogP contribution in [0.25, 0.3) is 0 Å². The molecule has 0 aliphatic carbocycles. The standard InChI is InChI=1S/C16H19N3O/c17-13-6-7-14(18-12-13)8-10-19-9-3-11-20-16-5-2-1-4-15(16)19/h1-2,4-7,12H,3,8-11,17H2. The van der Waals surface area contributed by atoms with E-state index in [2.05, 4.69) is 22.0 Å². The van der Waals surface area contributed by atoms with E-state index in [1.807, 2.05) is 24.3 Å². The molecular formula is C16H19N3O. The summed E-state index contributed by atoms with van der Waals surface area (Å²) in [4.78, 5) is 6.73. The highest BCUT2D eigenvalue weighted by Gasteiger charge is 2.15. The molecule has 4 nitrogen and oxygen atoms in total. The van der Waals surface area contributed by atoms with E-state index in [1.54, 1.807) is 6.20 Å². The third-order valence-electron chi connectivity index (χ3n) is 3.52. The second kappa shape index (κ2) is 5.82. The molecule has 2 aromatic rings. The van der Waals surface area contributed by atoms with Crippen LogP contribution >= 0.6 is 0 Å². The zero-order valence-electron chi connectivity index (χ0n) is 11.5. The molecule has 0 spiro atoms. The molecule has 1 aromatic heterocycles. The maximum Gasteiger partial charge on any atom is 0.142 e. The minimum Gasteiger partial charge on any atom is -0.491 e. The normalized spacial score (nSPS) is 14.3. The lowest BCUT2D eigenvalue weighted by molar-refractivity contribution is 0.322. The monoisotopic (exact) mass is 269 g/mol. The molecular weight excluding hydrogens is 250 g/mol. The molecule has 4 heteroatoms. The van der Waals surface area contributed by atoms with E-state index in [-0.39, 0.29) is 0 Å². The number of para-hydroxylation sites is 2. The van der Waals surface area contributed by atoms with Crippen molar-refractivity contribution in [1.82, 2.24) is 4.98 Å². The summed E-state index contributed by atoms with van der Waals surface area (Å²) < 4.78 is 5.77. The van der Waals surface area contributed by atoms with Gasteiger partial charge in [-0.15, -0.1) is 0 Å². The Hall–Kier alpha value is -2.23. The molecule has 1 aliphatic heterocycles. The van der Waals surface area contributed by atoms with E-state index in [4.69, 9.17) is 10.5 Å². The fraction of sp³-hybridized carbons (Fsp3) is 0.312. The SMILES string of the molecule is Nc1ccc(CCN2CCCOc3ccccc32)nc1. The molecule has 3 rings (SSSR count). The van der Waals surface area contributed by atoms with E-state index in [0.717, 1.165) is 44.0 Å². The number of nitrogens with zero attached hydrogens (tertiary/aromatic N) is 2. The van der Waals surface area contributed by atoms with Crippen molar-refractivity contribution in [2.45, 2.75) is 12.8 Å². The van der Waals surface area contributed by atoms with Gasteiger partial charge in [0.15, 0.2) is 0 Å². The zero-order chi connectivity index (χ0) is 13.8. The van der Waals surface area contributed by atoms with Crippen molar-refractivity contribution in [3.63, 3.8) is 0 Å². The summed E-state index contributed by atoms with van der Waals surface area (Å²) in [7, 11) is 0. The number of pyridine rings is 1. The fourth-order valence-electron chi connectivity index (χ4n) is 2.46. The van der Waals surface area contributed by atoms with E-state index < -0.39 is 0 Å². The molecule has 1 aliphatic rings. The Labute approximate surface area is 119 Å². The quantitative estimate of drug-likeness (QED) is 0.930. The van der Waals surface area contributed by atoms with Gasteiger partial charge in [0, 0.05) is 25.2 Å². The number of hydrogen-bond donors (Lipinski definition) is 1. The van der Waals surface area contributed by atoms with Crippen molar-refractivity contribution >= 4 is 11.4 Å². The summed E-state index contributed by atoms with van der Waals surface area (Å²) in [5.74, 6) is 0.982. The van der Waals surface area contributed by atoms with Gasteiger partial charge in [-0.05, 0) is 30.7 Å². The van der Waals surface area contributed by atoms with Crippen molar-refractivity contribution < 1.29 is 4.74 Å². The Balaban J connectivity index is 1.72. The highest BCUT2D eigenvalue weighted by molar-refractivity contribution is 5.59. The van der Waals surface area contributed by atoms with Crippen LogP contribution in [0.1, 0.15) is 12.1 Å². The van der Waals surface area contributed by atoms with Crippen LogP contribution in [0.4, 0.5) is 11.4 Å². The molecule has 0 bridgehead atoms. The Morgan fingerprint density at radius 1 is 1.20 bits per heavy atom. The Bertz CT molecular complexity index is 568. The zero-order valence-corrected chi connectivity index (χ0v) is 11.5. The lowest BCUT2D eigenvalue weighted by atomic mass is 10.2. The molecule has 0 atom stereocenters. The van der Waals surface area contributed by atoms with Gasteiger partial charge in [0.05, 0.1) is 24.2 Å². The molecule has 104 valence electrons. The molecule has 0 amide bonds. The highest BCUT2D eigenvalue weighted by Crippen LogP contribution is 2.30. The van der Waals surface area contributed by atoms with Gasteiger partial charge in [-0.25, -0.2) is 0 Å². The maximum absolute atomic E-state index is 5.77. The van der Waals surface area contributed by atoms with E-state index >= 15 is 0 Å². The second-order valence-corrected chi connectivity index (χ2v) is 4.99. The Morgan fingerprint density at radius 2 is 2.10 bits per heavy atom. The van der Waals surface area contributed by atoms with Gasteiger partial charge in [0.25, 0.3) is 0 Å². The minimum absolute atomic E-state index is 0.710. The number of hydrogen-bond acceptors (Lipinski definition) is 4. The Morgan fingerprint density at radius 3 is 2.95 bits per heavy atom. The smallest absolute Gasteiger partial charge is 0.142 e. The van der Waals surface area contributed by atoms with Crippen LogP contribution in [0.3, 0.4) is 0 Å². The average Bonchev–Trinajstić information content (AvgIpc) is 2.69. The number of benzene rings is 1. The van der Waals surface area contributed by atoms with Crippen molar-refractivity contribution in [3.05, 3.63) is 48.3 Å². The summed E-state index contributed by atoms with van der Waals surface area (Å²) in [6.45, 7) is 2.75. The van der Waals surface area contributed by atoms with Crippen LogP contribution in [0.2, 0.25) is 0 Å². The second-order valence-electron chi connectivity index (χ2n) is 4.99. The van der Waals surface area contributed by atoms with Crippen molar-refractivity contribution in [1.29, 1.82) is 0 Å². The van der Waals surface area contributed by atoms with Crippen LogP contribution in [-0.4, -0.2) is 24.7 Å². The van der Waals surface area contributed by atoms with Gasteiger partial charge in [-0.1, -0.05) is 12.1 Å². The summed E-state index contributed by atoms with van der Waals surface area (Å²) in [5.41, 5.74) is 8.62. The number of nitrogens with two attached hydrogens (primary N) is 1. The van der Waals surface area contributed by atoms with Gasteiger partial charge in [0.2, 0.25) is 0 Å². The van der Waals surface area contributed by atoms with E-state index in [1.165, 1.54) is 5.69 Å². The predicted octanol–water partition coefficient (Wildman–Crippen LogP) is 2.50. The number of fused-ring (bicyclic) bond motifs is 1. The lowest BCUT2D eigenvalue weighted by Gasteiger charge is -2.23. The minimum atomic E-state index is 0.710. The number of aromatic nitrogens is 1. The molecule has 0 radical (unpaired) electrons. The number of ether oxygens (including phenoxy) is 1. The molecule has 0 saturated carbocycles. The number of nitrogen functional groups attached to an aromatic ring is 1. The van der Waals surface area contributed by atoms with Crippen LogP contribution in [-0.2, 0) is 6.42 Å².